The number of hydrogen-bond acceptors (Lipinski definition) is 2. The highest BCUT2D eigenvalue weighted by Crippen LogP contribution is 2.30. The molecule has 0 saturated heterocycles. The van der Waals surface area contributed by atoms with E-state index in [0.717, 1.165) is 18.6 Å². The molecule has 0 saturated carbocycles. The third-order valence-electron chi connectivity index (χ3n) is 1.99. The van der Waals surface area contributed by atoms with Crippen molar-refractivity contribution in [1.82, 2.24) is 0 Å². The summed E-state index contributed by atoms with van der Waals surface area (Å²) >= 11 is 5.90. The predicted molar refractivity (Wildman–Crippen MR) is 67.3 cm³/mol. The summed E-state index contributed by atoms with van der Waals surface area (Å²) in [5, 5.41) is 0.641. The number of halogens is 1. The lowest BCUT2D eigenvalue weighted by atomic mass is 10.3. The van der Waals surface area contributed by atoms with E-state index in [2.05, 4.69) is 6.92 Å². The van der Waals surface area contributed by atoms with Crippen LogP contribution in [0.1, 0.15) is 26.7 Å². The van der Waals surface area contributed by atoms with E-state index in [4.69, 9.17) is 21.1 Å². The lowest BCUT2D eigenvalue weighted by Crippen LogP contribution is -1.98. The van der Waals surface area contributed by atoms with Crippen molar-refractivity contribution in [2.75, 3.05) is 6.61 Å². The molecule has 0 bridgehead atoms. The standard InChI is InChI=1S/C13H17ClO2/c1-3-5-9-16-12-7-6-11(14)10-13(12)15-8-4-2/h4,6-8,10H,3,5,9H2,1-2H3. The van der Waals surface area contributed by atoms with E-state index in [-0.39, 0.29) is 0 Å². The maximum atomic E-state index is 5.90. The van der Waals surface area contributed by atoms with Crippen LogP contribution in [-0.4, -0.2) is 6.61 Å². The monoisotopic (exact) mass is 240 g/mol. The number of ether oxygens (including phenoxy) is 2. The third-order valence-corrected chi connectivity index (χ3v) is 2.23. The van der Waals surface area contributed by atoms with Gasteiger partial charge >= 0.3 is 0 Å². The van der Waals surface area contributed by atoms with Crippen LogP contribution >= 0.6 is 11.6 Å². The maximum absolute atomic E-state index is 5.90. The van der Waals surface area contributed by atoms with Crippen LogP contribution < -0.4 is 9.47 Å². The van der Waals surface area contributed by atoms with Gasteiger partial charge in [0, 0.05) is 11.1 Å². The second-order valence-corrected chi connectivity index (χ2v) is 3.82. The van der Waals surface area contributed by atoms with Crippen LogP contribution in [0, 0.1) is 0 Å². The molecule has 0 aliphatic heterocycles. The fourth-order valence-corrected chi connectivity index (χ4v) is 1.32. The summed E-state index contributed by atoms with van der Waals surface area (Å²) in [6.45, 7) is 4.72. The summed E-state index contributed by atoms with van der Waals surface area (Å²) in [7, 11) is 0. The Balaban J connectivity index is 2.72. The van der Waals surface area contributed by atoms with Crippen molar-refractivity contribution in [3.63, 3.8) is 0 Å². The minimum Gasteiger partial charge on any atom is -0.490 e. The first-order valence-electron chi connectivity index (χ1n) is 5.48. The van der Waals surface area contributed by atoms with Crippen LogP contribution in [0.15, 0.2) is 30.5 Å². The first kappa shape index (κ1) is 12.9. The van der Waals surface area contributed by atoms with Crippen molar-refractivity contribution in [2.45, 2.75) is 26.7 Å². The molecule has 0 aromatic heterocycles. The van der Waals surface area contributed by atoms with Gasteiger partial charge < -0.3 is 9.47 Å². The zero-order valence-corrected chi connectivity index (χ0v) is 10.5. The van der Waals surface area contributed by atoms with Crippen LogP contribution in [0.2, 0.25) is 5.02 Å². The fraction of sp³-hybridized carbons (Fsp3) is 0.385. The Labute approximate surface area is 102 Å². The smallest absolute Gasteiger partial charge is 0.169 e. The Kier molecular flexibility index (Phi) is 5.79. The van der Waals surface area contributed by atoms with Crippen LogP contribution in [0.5, 0.6) is 11.5 Å². The normalized spacial score (nSPS) is 10.7. The zero-order chi connectivity index (χ0) is 11.8. The first-order chi connectivity index (χ1) is 7.77. The van der Waals surface area contributed by atoms with Gasteiger partial charge in [-0.1, -0.05) is 31.0 Å². The average molecular weight is 241 g/mol. The van der Waals surface area contributed by atoms with E-state index in [1.54, 1.807) is 18.4 Å². The van der Waals surface area contributed by atoms with E-state index < -0.39 is 0 Å². The minimum atomic E-state index is 0.641. The highest BCUT2D eigenvalue weighted by molar-refractivity contribution is 6.30. The molecule has 0 radical (unpaired) electrons. The highest BCUT2D eigenvalue weighted by Gasteiger charge is 2.04. The molecule has 0 unspecified atom stereocenters. The van der Waals surface area contributed by atoms with Gasteiger partial charge in [-0.25, -0.2) is 0 Å². The van der Waals surface area contributed by atoms with Gasteiger partial charge in [-0.15, -0.1) is 0 Å². The quantitative estimate of drug-likeness (QED) is 0.541. The molecule has 0 heterocycles. The molecule has 0 aliphatic rings. The third kappa shape index (κ3) is 4.15. The molecule has 0 amide bonds. The minimum absolute atomic E-state index is 0.641. The van der Waals surface area contributed by atoms with Crippen molar-refractivity contribution >= 4 is 11.6 Å². The van der Waals surface area contributed by atoms with Gasteiger partial charge in [-0.3, -0.25) is 0 Å². The lowest BCUT2D eigenvalue weighted by molar-refractivity contribution is 0.295. The van der Waals surface area contributed by atoms with Gasteiger partial charge in [0.15, 0.2) is 11.5 Å². The Morgan fingerprint density at radius 1 is 1.31 bits per heavy atom. The number of rotatable bonds is 6. The molecule has 0 atom stereocenters. The summed E-state index contributed by atoms with van der Waals surface area (Å²) in [6, 6.07) is 5.38. The SMILES string of the molecule is CC=COc1cc(Cl)ccc1OCCCC. The molecule has 0 aliphatic carbocycles. The Morgan fingerprint density at radius 2 is 2.12 bits per heavy atom. The molecule has 1 aromatic rings. The molecule has 2 nitrogen and oxygen atoms in total. The highest BCUT2D eigenvalue weighted by atomic mass is 35.5. The van der Waals surface area contributed by atoms with Crippen molar-refractivity contribution < 1.29 is 9.47 Å². The van der Waals surface area contributed by atoms with Gasteiger partial charge in [0.25, 0.3) is 0 Å². The predicted octanol–water partition coefficient (Wildman–Crippen LogP) is 4.43. The summed E-state index contributed by atoms with van der Waals surface area (Å²) in [5.74, 6) is 1.39. The molecule has 0 N–H and O–H groups in total. The zero-order valence-electron chi connectivity index (χ0n) is 9.70. The van der Waals surface area contributed by atoms with E-state index in [9.17, 15) is 0 Å². The maximum Gasteiger partial charge on any atom is 0.169 e. The number of hydrogen-bond donors (Lipinski definition) is 0. The van der Waals surface area contributed by atoms with E-state index in [1.165, 1.54) is 0 Å². The Hall–Kier alpha value is -1.15. The molecular weight excluding hydrogens is 224 g/mol. The molecule has 16 heavy (non-hydrogen) atoms. The first-order valence-corrected chi connectivity index (χ1v) is 5.86. The molecule has 0 fully saturated rings. The van der Waals surface area contributed by atoms with Gasteiger partial charge in [-0.2, -0.15) is 0 Å². The molecule has 1 aromatic carbocycles. The number of allylic oxidation sites excluding steroid dienone is 1. The molecular formula is C13H17ClO2. The van der Waals surface area contributed by atoms with Crippen molar-refractivity contribution in [2.24, 2.45) is 0 Å². The Bertz CT molecular complexity index is 348. The number of benzene rings is 1. The molecule has 88 valence electrons. The average Bonchev–Trinajstić information content (AvgIpc) is 2.29. The summed E-state index contributed by atoms with van der Waals surface area (Å²) in [4.78, 5) is 0. The van der Waals surface area contributed by atoms with Gasteiger partial charge in [0.1, 0.15) is 0 Å². The van der Waals surface area contributed by atoms with Gasteiger partial charge in [-0.05, 0) is 25.5 Å². The number of unbranched alkanes of at least 4 members (excludes halogenated alkanes) is 1. The second-order valence-electron chi connectivity index (χ2n) is 3.38. The second kappa shape index (κ2) is 7.18. The van der Waals surface area contributed by atoms with E-state index >= 15 is 0 Å². The van der Waals surface area contributed by atoms with Crippen LogP contribution in [-0.2, 0) is 0 Å². The molecule has 3 heteroatoms. The summed E-state index contributed by atoms with van der Waals surface area (Å²) in [6.07, 6.45) is 5.57. The Morgan fingerprint density at radius 3 is 2.81 bits per heavy atom. The summed E-state index contributed by atoms with van der Waals surface area (Å²) in [5.41, 5.74) is 0. The van der Waals surface area contributed by atoms with Crippen molar-refractivity contribution in [3.8, 4) is 11.5 Å². The largest absolute Gasteiger partial charge is 0.490 e. The fourth-order valence-electron chi connectivity index (χ4n) is 1.16. The van der Waals surface area contributed by atoms with Crippen LogP contribution in [0.3, 0.4) is 0 Å². The van der Waals surface area contributed by atoms with E-state index in [1.807, 2.05) is 19.1 Å². The lowest BCUT2D eigenvalue weighted by Gasteiger charge is -2.10. The van der Waals surface area contributed by atoms with Crippen LogP contribution in [0.4, 0.5) is 0 Å². The summed E-state index contributed by atoms with van der Waals surface area (Å²) < 4.78 is 11.0. The van der Waals surface area contributed by atoms with Gasteiger partial charge in [0.05, 0.1) is 12.9 Å². The van der Waals surface area contributed by atoms with E-state index in [0.29, 0.717) is 17.4 Å². The molecule has 0 spiro atoms. The topological polar surface area (TPSA) is 18.5 Å². The van der Waals surface area contributed by atoms with Crippen LogP contribution in [0.25, 0.3) is 0 Å². The van der Waals surface area contributed by atoms with Gasteiger partial charge in [0.2, 0.25) is 0 Å². The van der Waals surface area contributed by atoms with Crippen molar-refractivity contribution in [3.05, 3.63) is 35.6 Å². The molecule has 1 rings (SSSR count). The van der Waals surface area contributed by atoms with Crippen molar-refractivity contribution in [1.29, 1.82) is 0 Å².